The molecule has 0 aromatic heterocycles. The minimum absolute atomic E-state index is 0.0883. The number of primary amides is 1. The molecule has 0 aliphatic heterocycles. The van der Waals surface area contributed by atoms with Gasteiger partial charge in [-0.05, 0) is 75.9 Å². The Balaban J connectivity index is 2.30. The highest BCUT2D eigenvalue weighted by molar-refractivity contribution is 6.00. The number of carbonyl (C=O) groups is 2. The maximum absolute atomic E-state index is 12.1. The number of ether oxygens (including phenoxy) is 1. The Bertz CT molecular complexity index is 776. The molecule has 6 heteroatoms. The van der Waals surface area contributed by atoms with Crippen LogP contribution in [0.25, 0.3) is 5.57 Å². The predicted octanol–water partition coefficient (Wildman–Crippen LogP) is 4.11. The van der Waals surface area contributed by atoms with Crippen molar-refractivity contribution in [2.24, 2.45) is 5.73 Å². The van der Waals surface area contributed by atoms with Crippen LogP contribution in [-0.4, -0.2) is 23.6 Å². The maximum Gasteiger partial charge on any atom is 0.408 e. The van der Waals surface area contributed by atoms with Crippen molar-refractivity contribution in [3.05, 3.63) is 47.7 Å². The van der Waals surface area contributed by atoms with Crippen LogP contribution in [0, 0.1) is 6.92 Å². The normalized spacial score (nSPS) is 16.9. The number of amides is 2. The quantitative estimate of drug-likeness (QED) is 0.726. The van der Waals surface area contributed by atoms with Gasteiger partial charge < -0.3 is 21.1 Å². The highest BCUT2D eigenvalue weighted by Crippen LogP contribution is 2.34. The summed E-state index contributed by atoms with van der Waals surface area (Å²) in [5.74, 6) is -0.490. The second kappa shape index (κ2) is 8.29. The molecule has 0 saturated heterocycles. The summed E-state index contributed by atoms with van der Waals surface area (Å²) in [7, 11) is 0. The summed E-state index contributed by atoms with van der Waals surface area (Å²) in [6.07, 6.45) is 5.89. The molecule has 0 bridgehead atoms. The third kappa shape index (κ3) is 5.36. The fourth-order valence-corrected chi connectivity index (χ4v) is 3.27. The number of benzene rings is 1. The van der Waals surface area contributed by atoms with Crippen LogP contribution >= 0.6 is 0 Å². The molecular formula is C21H29N3O3. The molecule has 0 saturated carbocycles. The van der Waals surface area contributed by atoms with E-state index in [4.69, 9.17) is 10.5 Å². The van der Waals surface area contributed by atoms with Crippen LogP contribution < -0.4 is 16.4 Å². The number of nitrogens with one attached hydrogen (secondary N) is 2. The van der Waals surface area contributed by atoms with E-state index in [1.165, 1.54) is 6.20 Å². The predicted molar refractivity (Wildman–Crippen MR) is 109 cm³/mol. The van der Waals surface area contributed by atoms with E-state index in [0.29, 0.717) is 11.3 Å². The Morgan fingerprint density at radius 2 is 2.04 bits per heavy atom. The molecular weight excluding hydrogens is 342 g/mol. The zero-order valence-electron chi connectivity index (χ0n) is 16.5. The molecule has 0 spiro atoms. The molecule has 0 heterocycles. The van der Waals surface area contributed by atoms with Gasteiger partial charge in [0.1, 0.15) is 5.60 Å². The molecule has 1 aromatic rings. The topological polar surface area (TPSA) is 93.5 Å². The first-order chi connectivity index (χ1) is 12.6. The molecule has 2 rings (SSSR count). The number of hydrogen-bond donors (Lipinski definition) is 3. The molecule has 1 aliphatic carbocycles. The first kappa shape index (κ1) is 20.6. The van der Waals surface area contributed by atoms with Crippen LogP contribution in [0.4, 0.5) is 10.5 Å². The third-order valence-electron chi connectivity index (χ3n) is 4.39. The first-order valence-electron chi connectivity index (χ1n) is 9.14. The second-order valence-electron chi connectivity index (χ2n) is 7.71. The van der Waals surface area contributed by atoms with Crippen molar-refractivity contribution < 1.29 is 14.3 Å². The lowest BCUT2D eigenvalue weighted by Gasteiger charge is -2.26. The summed E-state index contributed by atoms with van der Waals surface area (Å²) in [6, 6.07) is 3.54. The molecule has 1 atom stereocenters. The third-order valence-corrected chi connectivity index (χ3v) is 4.39. The lowest BCUT2D eigenvalue weighted by atomic mass is 9.87. The summed E-state index contributed by atoms with van der Waals surface area (Å²) in [4.78, 5) is 23.8. The van der Waals surface area contributed by atoms with Crippen LogP contribution in [0.2, 0.25) is 0 Å². The van der Waals surface area contributed by atoms with E-state index >= 15 is 0 Å². The summed E-state index contributed by atoms with van der Waals surface area (Å²) in [5, 5.41) is 5.94. The van der Waals surface area contributed by atoms with Crippen molar-refractivity contribution in [2.45, 2.75) is 58.6 Å². The van der Waals surface area contributed by atoms with Gasteiger partial charge in [0.15, 0.2) is 0 Å². The summed E-state index contributed by atoms with van der Waals surface area (Å²) in [5.41, 5.74) is 9.12. The fraction of sp³-hybridized carbons (Fsp3) is 0.429. The van der Waals surface area contributed by atoms with Gasteiger partial charge in [-0.15, -0.1) is 0 Å². The van der Waals surface area contributed by atoms with Crippen molar-refractivity contribution in [1.29, 1.82) is 0 Å². The van der Waals surface area contributed by atoms with Crippen LogP contribution in [-0.2, 0) is 4.74 Å². The molecule has 0 fully saturated rings. The van der Waals surface area contributed by atoms with Crippen molar-refractivity contribution in [3.63, 3.8) is 0 Å². The molecule has 1 aromatic carbocycles. The summed E-state index contributed by atoms with van der Waals surface area (Å²) < 4.78 is 5.35. The van der Waals surface area contributed by atoms with E-state index in [-0.39, 0.29) is 6.04 Å². The monoisotopic (exact) mass is 371 g/mol. The van der Waals surface area contributed by atoms with E-state index < -0.39 is 17.6 Å². The van der Waals surface area contributed by atoms with Crippen molar-refractivity contribution in [2.75, 3.05) is 5.32 Å². The van der Waals surface area contributed by atoms with Gasteiger partial charge in [0.2, 0.25) is 0 Å². The van der Waals surface area contributed by atoms with Crippen molar-refractivity contribution in [3.8, 4) is 0 Å². The number of rotatable bonds is 5. The highest BCUT2D eigenvalue weighted by atomic mass is 16.6. The average molecular weight is 371 g/mol. The minimum atomic E-state index is -0.530. The smallest absolute Gasteiger partial charge is 0.408 e. The van der Waals surface area contributed by atoms with Crippen molar-refractivity contribution in [1.82, 2.24) is 5.32 Å². The SMILES string of the molecule is C=CNc1c(C(N)=O)ccc(C2=CC(NC(=O)OC(C)(C)C)CCC2)c1C. The van der Waals surface area contributed by atoms with Crippen molar-refractivity contribution >= 4 is 23.3 Å². The number of carbonyl (C=O) groups excluding carboxylic acids is 2. The number of hydrogen-bond acceptors (Lipinski definition) is 4. The first-order valence-corrected chi connectivity index (χ1v) is 9.14. The maximum atomic E-state index is 12.1. The number of alkyl carbamates (subject to hydrolysis) is 1. The molecule has 1 aliphatic rings. The fourth-order valence-electron chi connectivity index (χ4n) is 3.27. The zero-order chi connectivity index (χ0) is 20.2. The van der Waals surface area contributed by atoms with Crippen LogP contribution in [0.5, 0.6) is 0 Å². The molecule has 4 N–H and O–H groups in total. The standard InChI is InChI=1S/C21H29N3O3/c1-6-23-18-13(2)16(10-11-17(18)19(22)25)14-8-7-9-15(12-14)24-20(26)27-21(3,4)5/h6,10-12,15,23H,1,7-9H2,2-5H3,(H2,22,25)(H,24,26). The Hall–Kier alpha value is -2.76. The van der Waals surface area contributed by atoms with Crippen LogP contribution in [0.1, 0.15) is 61.5 Å². The van der Waals surface area contributed by atoms with E-state index in [1.54, 1.807) is 6.07 Å². The van der Waals surface area contributed by atoms with E-state index in [0.717, 1.165) is 36.0 Å². The van der Waals surface area contributed by atoms with Gasteiger partial charge in [0.05, 0.1) is 17.3 Å². The largest absolute Gasteiger partial charge is 0.444 e. The van der Waals surface area contributed by atoms with Gasteiger partial charge in [-0.3, -0.25) is 4.79 Å². The highest BCUT2D eigenvalue weighted by Gasteiger charge is 2.22. The molecule has 0 radical (unpaired) electrons. The van der Waals surface area contributed by atoms with Gasteiger partial charge in [0, 0.05) is 0 Å². The molecule has 27 heavy (non-hydrogen) atoms. The zero-order valence-corrected chi connectivity index (χ0v) is 16.5. The number of nitrogens with two attached hydrogens (primary N) is 1. The Kier molecular flexibility index (Phi) is 6.31. The summed E-state index contributed by atoms with van der Waals surface area (Å²) >= 11 is 0. The summed E-state index contributed by atoms with van der Waals surface area (Å²) in [6.45, 7) is 11.1. The average Bonchev–Trinajstić information content (AvgIpc) is 2.55. The van der Waals surface area contributed by atoms with Gasteiger partial charge in [-0.1, -0.05) is 18.7 Å². The Labute approximate surface area is 160 Å². The van der Waals surface area contributed by atoms with Crippen LogP contribution in [0.3, 0.4) is 0 Å². The van der Waals surface area contributed by atoms with E-state index in [9.17, 15) is 9.59 Å². The van der Waals surface area contributed by atoms with Crippen LogP contribution in [0.15, 0.2) is 31.0 Å². The molecule has 1 unspecified atom stereocenters. The van der Waals surface area contributed by atoms with E-state index in [1.807, 2.05) is 33.8 Å². The molecule has 2 amide bonds. The van der Waals surface area contributed by atoms with Gasteiger partial charge >= 0.3 is 6.09 Å². The number of allylic oxidation sites excluding steroid dienone is 1. The molecule has 6 nitrogen and oxygen atoms in total. The van der Waals surface area contributed by atoms with E-state index in [2.05, 4.69) is 23.3 Å². The number of anilines is 1. The van der Waals surface area contributed by atoms with Gasteiger partial charge in [-0.2, -0.15) is 0 Å². The minimum Gasteiger partial charge on any atom is -0.444 e. The van der Waals surface area contributed by atoms with Gasteiger partial charge in [-0.25, -0.2) is 4.79 Å². The second-order valence-corrected chi connectivity index (χ2v) is 7.71. The Morgan fingerprint density at radius 1 is 1.33 bits per heavy atom. The lowest BCUT2D eigenvalue weighted by molar-refractivity contribution is 0.0511. The molecule has 146 valence electrons. The Morgan fingerprint density at radius 3 is 2.63 bits per heavy atom. The van der Waals surface area contributed by atoms with Gasteiger partial charge in [0.25, 0.3) is 5.91 Å². The lowest BCUT2D eigenvalue weighted by Crippen LogP contribution is -2.39.